The van der Waals surface area contributed by atoms with Crippen LogP contribution in [0.2, 0.25) is 0 Å². The highest BCUT2D eigenvalue weighted by Crippen LogP contribution is 2.41. The first-order valence-corrected chi connectivity index (χ1v) is 14.1. The maximum Gasteiger partial charge on any atom is 0.573 e. The molecule has 0 unspecified atom stereocenters. The van der Waals surface area contributed by atoms with Gasteiger partial charge in [0.05, 0.1) is 39.8 Å². The predicted molar refractivity (Wildman–Crippen MR) is 152 cm³/mol. The van der Waals surface area contributed by atoms with Crippen molar-refractivity contribution in [1.82, 2.24) is 19.9 Å². The summed E-state index contributed by atoms with van der Waals surface area (Å²) in [5.74, 6) is -0.249. The third kappa shape index (κ3) is 5.98. The van der Waals surface area contributed by atoms with Crippen LogP contribution in [0.1, 0.15) is 43.3 Å². The standard InChI is InChI=1S/C28H31F3N6O4S/c1-13(16-5-7-18(8-6-16)41-28(29,30)31)33-26-34-14(2)21(25-36-22-15(3)32-10-9-19(22)42-25)24(37-26)35-20-11-17(12-38)23(39)27(20,4)40/h5-10,13,17,20,23,38-40H,11-12H2,1-4H3,(H2,33,34,35,37)/t13-,17-,20-,23-,27+/m1/s1. The number of nitrogens with zero attached hydrogens (tertiary/aromatic N) is 4. The molecule has 3 aromatic heterocycles. The van der Waals surface area contributed by atoms with Gasteiger partial charge < -0.3 is 30.7 Å². The van der Waals surface area contributed by atoms with E-state index in [-0.39, 0.29) is 18.3 Å². The van der Waals surface area contributed by atoms with Gasteiger partial charge in [-0.15, -0.1) is 24.5 Å². The molecular weight excluding hydrogens is 573 g/mol. The zero-order valence-corrected chi connectivity index (χ0v) is 24.1. The SMILES string of the molecule is Cc1nc(N[C@H](C)c2ccc(OC(F)(F)F)cc2)nc(N[C@@H]2C[C@H](CO)[C@@H](O)[C@@]2(C)O)c1-c1nc2c(C)nccc2s1. The lowest BCUT2D eigenvalue weighted by Gasteiger charge is -2.30. The number of alkyl halides is 3. The first-order chi connectivity index (χ1) is 19.8. The van der Waals surface area contributed by atoms with Crippen LogP contribution in [0.5, 0.6) is 5.75 Å². The van der Waals surface area contributed by atoms with Crippen molar-refractivity contribution in [3.63, 3.8) is 0 Å². The summed E-state index contributed by atoms with van der Waals surface area (Å²) in [7, 11) is 0. The van der Waals surface area contributed by atoms with E-state index in [1.165, 1.54) is 42.5 Å². The lowest BCUT2D eigenvalue weighted by molar-refractivity contribution is -0.274. The van der Waals surface area contributed by atoms with Gasteiger partial charge in [0.2, 0.25) is 5.95 Å². The number of aryl methyl sites for hydroxylation is 2. The van der Waals surface area contributed by atoms with Crippen LogP contribution in [0.4, 0.5) is 24.9 Å². The summed E-state index contributed by atoms with van der Waals surface area (Å²) >= 11 is 1.44. The fraction of sp³-hybridized carbons (Fsp3) is 0.429. The summed E-state index contributed by atoms with van der Waals surface area (Å²) in [6.45, 7) is 6.71. The molecule has 5 atom stereocenters. The molecule has 1 aromatic carbocycles. The molecule has 1 saturated carbocycles. The maximum atomic E-state index is 12.5. The first kappa shape index (κ1) is 29.9. The molecule has 5 rings (SSSR count). The number of aliphatic hydroxyl groups excluding tert-OH is 2. The van der Waals surface area contributed by atoms with Gasteiger partial charge in [-0.1, -0.05) is 12.1 Å². The smallest absolute Gasteiger partial charge is 0.406 e. The highest BCUT2D eigenvalue weighted by molar-refractivity contribution is 7.21. The fourth-order valence-electron chi connectivity index (χ4n) is 5.22. The van der Waals surface area contributed by atoms with Crippen LogP contribution in [-0.2, 0) is 0 Å². The van der Waals surface area contributed by atoms with Crippen LogP contribution >= 0.6 is 11.3 Å². The number of nitrogens with one attached hydrogen (secondary N) is 2. The normalized spacial score (nSPS) is 23.2. The number of halogens is 3. The molecule has 4 aromatic rings. The minimum atomic E-state index is -4.78. The van der Waals surface area contributed by atoms with Gasteiger partial charge in [0, 0.05) is 18.7 Å². The lowest BCUT2D eigenvalue weighted by atomic mass is 9.96. The Hall–Kier alpha value is -3.59. The number of aliphatic hydroxyl groups is 3. The van der Waals surface area contributed by atoms with Crippen molar-refractivity contribution in [3.05, 3.63) is 53.5 Å². The Morgan fingerprint density at radius 1 is 1.12 bits per heavy atom. The van der Waals surface area contributed by atoms with Crippen LogP contribution in [0, 0.1) is 19.8 Å². The van der Waals surface area contributed by atoms with Crippen LogP contribution in [0.15, 0.2) is 36.5 Å². The molecule has 1 aliphatic rings. The van der Waals surface area contributed by atoms with Crippen LogP contribution in [-0.4, -0.2) is 66.0 Å². The molecule has 10 nitrogen and oxygen atoms in total. The number of pyridine rings is 1. The number of hydrogen-bond acceptors (Lipinski definition) is 11. The van der Waals surface area contributed by atoms with Gasteiger partial charge in [-0.25, -0.2) is 9.97 Å². The van der Waals surface area contributed by atoms with Gasteiger partial charge in [-0.3, -0.25) is 4.98 Å². The predicted octanol–water partition coefficient (Wildman–Crippen LogP) is 4.74. The number of aromatic nitrogens is 4. The van der Waals surface area contributed by atoms with Gasteiger partial charge in [-0.05, 0) is 57.9 Å². The number of anilines is 2. The second-order valence-electron chi connectivity index (χ2n) is 10.6. The largest absolute Gasteiger partial charge is 0.573 e. The summed E-state index contributed by atoms with van der Waals surface area (Å²) < 4.78 is 42.5. The van der Waals surface area contributed by atoms with E-state index < -0.39 is 36.1 Å². The molecule has 42 heavy (non-hydrogen) atoms. The van der Waals surface area contributed by atoms with Crippen LogP contribution in [0.25, 0.3) is 20.8 Å². The van der Waals surface area contributed by atoms with Gasteiger partial charge in [-0.2, -0.15) is 4.98 Å². The quantitative estimate of drug-likeness (QED) is 0.191. The third-order valence-corrected chi connectivity index (χ3v) is 8.63. The monoisotopic (exact) mass is 604 g/mol. The zero-order chi connectivity index (χ0) is 30.4. The molecule has 14 heteroatoms. The number of hydrogen-bond donors (Lipinski definition) is 5. The van der Waals surface area contributed by atoms with Gasteiger partial charge in [0.15, 0.2) is 0 Å². The average molecular weight is 605 g/mol. The van der Waals surface area contributed by atoms with Crippen molar-refractivity contribution >= 4 is 33.3 Å². The molecular formula is C28H31F3N6O4S. The summed E-state index contributed by atoms with van der Waals surface area (Å²) in [4.78, 5) is 18.5. The minimum absolute atomic E-state index is 0.234. The third-order valence-electron chi connectivity index (χ3n) is 7.59. The number of ether oxygens (including phenoxy) is 1. The second-order valence-corrected chi connectivity index (χ2v) is 11.7. The molecule has 224 valence electrons. The Kier molecular flexibility index (Phi) is 8.00. The molecule has 0 aliphatic heterocycles. The molecule has 5 N–H and O–H groups in total. The van der Waals surface area contributed by atoms with E-state index in [1.807, 2.05) is 19.9 Å². The topological polar surface area (TPSA) is 146 Å². The Bertz CT molecular complexity index is 1580. The molecule has 0 amide bonds. The molecule has 0 bridgehead atoms. The molecule has 0 radical (unpaired) electrons. The summed E-state index contributed by atoms with van der Waals surface area (Å²) in [6, 6.07) is 6.33. The number of thiazole rings is 1. The van der Waals surface area contributed by atoms with Gasteiger partial charge in [0.1, 0.15) is 27.7 Å². The van der Waals surface area contributed by atoms with Gasteiger partial charge in [0.25, 0.3) is 0 Å². The molecule has 1 aliphatic carbocycles. The molecule has 0 saturated heterocycles. The highest BCUT2D eigenvalue weighted by atomic mass is 32.1. The van der Waals surface area contributed by atoms with E-state index in [0.29, 0.717) is 34.1 Å². The van der Waals surface area contributed by atoms with Crippen molar-refractivity contribution in [2.75, 3.05) is 17.2 Å². The van der Waals surface area contributed by atoms with Crippen molar-refractivity contribution in [3.8, 4) is 16.3 Å². The van der Waals surface area contributed by atoms with E-state index in [2.05, 4.69) is 25.3 Å². The first-order valence-electron chi connectivity index (χ1n) is 13.3. The highest BCUT2D eigenvalue weighted by Gasteiger charge is 2.50. The average Bonchev–Trinajstić information content (AvgIpc) is 3.43. The summed E-state index contributed by atoms with van der Waals surface area (Å²) in [5, 5.41) is 38.6. The van der Waals surface area contributed by atoms with Crippen LogP contribution in [0.3, 0.4) is 0 Å². The van der Waals surface area contributed by atoms with Crippen molar-refractivity contribution in [2.45, 2.75) is 64.3 Å². The van der Waals surface area contributed by atoms with E-state index in [4.69, 9.17) is 9.97 Å². The number of rotatable bonds is 8. The van der Waals surface area contributed by atoms with E-state index in [1.54, 1.807) is 13.1 Å². The minimum Gasteiger partial charge on any atom is -0.406 e. The van der Waals surface area contributed by atoms with Crippen molar-refractivity contribution in [2.24, 2.45) is 5.92 Å². The lowest BCUT2D eigenvalue weighted by Crippen LogP contribution is -2.48. The zero-order valence-electron chi connectivity index (χ0n) is 23.3. The fourth-order valence-corrected chi connectivity index (χ4v) is 6.33. The summed E-state index contributed by atoms with van der Waals surface area (Å²) in [5.41, 5.74) is 1.83. The van der Waals surface area contributed by atoms with Gasteiger partial charge >= 0.3 is 6.36 Å². The Morgan fingerprint density at radius 2 is 1.83 bits per heavy atom. The second kappa shape index (κ2) is 11.2. The maximum absolute atomic E-state index is 12.5. The summed E-state index contributed by atoms with van der Waals surface area (Å²) in [6.07, 6.45) is -3.92. The van der Waals surface area contributed by atoms with E-state index in [0.717, 1.165) is 15.9 Å². The Morgan fingerprint density at radius 3 is 2.45 bits per heavy atom. The number of fused-ring (bicyclic) bond motifs is 1. The Balaban J connectivity index is 1.50. The molecule has 0 spiro atoms. The van der Waals surface area contributed by atoms with E-state index >= 15 is 0 Å². The van der Waals surface area contributed by atoms with Crippen molar-refractivity contribution in [1.29, 1.82) is 0 Å². The Labute approximate surface area is 243 Å². The van der Waals surface area contributed by atoms with Crippen LogP contribution < -0.4 is 15.4 Å². The number of benzene rings is 1. The molecule has 3 heterocycles. The van der Waals surface area contributed by atoms with Crippen molar-refractivity contribution < 1.29 is 33.2 Å². The van der Waals surface area contributed by atoms with E-state index in [9.17, 15) is 28.5 Å². The molecule has 1 fully saturated rings.